The van der Waals surface area contributed by atoms with Crippen molar-refractivity contribution >= 4 is 17.6 Å². The van der Waals surface area contributed by atoms with Crippen molar-refractivity contribution < 1.29 is 23.5 Å². The number of benzene rings is 1. The first-order chi connectivity index (χ1) is 9.23. The lowest BCUT2D eigenvalue weighted by Crippen LogP contribution is -2.40. The second-order valence-electron chi connectivity index (χ2n) is 4.94. The van der Waals surface area contributed by atoms with Crippen LogP contribution in [-0.4, -0.2) is 23.5 Å². The molecule has 0 aliphatic heterocycles. The number of nitrogens with zero attached hydrogens (tertiary/aromatic N) is 1. The van der Waals surface area contributed by atoms with Gasteiger partial charge in [0.15, 0.2) is 0 Å². The Kier molecular flexibility index (Phi) is 5.19. The summed E-state index contributed by atoms with van der Waals surface area (Å²) in [5.74, 6) is -4.37. The largest absolute Gasteiger partial charge is 0.481 e. The molecule has 0 radical (unpaired) electrons. The highest BCUT2D eigenvalue weighted by atomic mass is 19.1. The molecule has 110 valence electrons. The third kappa shape index (κ3) is 3.76. The smallest absolute Gasteiger partial charge is 0.308 e. The fourth-order valence-corrected chi connectivity index (χ4v) is 1.66. The molecule has 0 saturated heterocycles. The fourth-order valence-electron chi connectivity index (χ4n) is 1.66. The van der Waals surface area contributed by atoms with Crippen LogP contribution in [0.5, 0.6) is 0 Å². The molecule has 1 N–H and O–H groups in total. The van der Waals surface area contributed by atoms with Gasteiger partial charge in [-0.1, -0.05) is 20.8 Å². The zero-order chi connectivity index (χ0) is 15.4. The Balaban J connectivity index is 3.19. The minimum Gasteiger partial charge on any atom is -0.481 e. The summed E-state index contributed by atoms with van der Waals surface area (Å²) in [6.07, 6.45) is 0. The molecule has 4 nitrogen and oxygen atoms in total. The van der Waals surface area contributed by atoms with Crippen molar-refractivity contribution in [3.05, 3.63) is 29.8 Å². The summed E-state index contributed by atoms with van der Waals surface area (Å²) in [5.41, 5.74) is -0.239. The minimum absolute atomic E-state index is 0.216. The molecule has 0 aliphatic carbocycles. The topological polar surface area (TPSA) is 57.6 Å². The Morgan fingerprint density at radius 1 is 1.25 bits per heavy atom. The number of aliphatic carboxylic acids is 1. The van der Waals surface area contributed by atoms with Crippen molar-refractivity contribution in [3.63, 3.8) is 0 Å². The third-order valence-electron chi connectivity index (χ3n) is 2.84. The molecular weight excluding hydrogens is 268 g/mol. The van der Waals surface area contributed by atoms with Crippen LogP contribution in [0.1, 0.15) is 20.8 Å². The Hall–Kier alpha value is -1.98. The number of halogens is 2. The highest BCUT2D eigenvalue weighted by molar-refractivity contribution is 5.95. The fraction of sp³-hybridized carbons (Fsp3) is 0.429. The quantitative estimate of drug-likeness (QED) is 0.905. The number of hydrogen-bond donors (Lipinski definition) is 1. The molecule has 1 aromatic rings. The van der Waals surface area contributed by atoms with Gasteiger partial charge in [-0.25, -0.2) is 8.78 Å². The van der Waals surface area contributed by atoms with Crippen LogP contribution < -0.4 is 4.90 Å². The van der Waals surface area contributed by atoms with Crippen LogP contribution in [0.3, 0.4) is 0 Å². The van der Waals surface area contributed by atoms with E-state index in [9.17, 15) is 18.4 Å². The summed E-state index contributed by atoms with van der Waals surface area (Å²) in [5, 5.41) is 8.92. The van der Waals surface area contributed by atoms with Gasteiger partial charge in [-0.15, -0.1) is 0 Å². The summed E-state index contributed by atoms with van der Waals surface area (Å²) in [6, 6.07) is 2.75. The van der Waals surface area contributed by atoms with E-state index in [1.54, 1.807) is 13.8 Å². The number of carbonyl (C=O) groups excluding carboxylic acids is 1. The van der Waals surface area contributed by atoms with Crippen molar-refractivity contribution in [2.75, 3.05) is 11.4 Å². The average molecular weight is 285 g/mol. The maximum atomic E-state index is 13.8. The number of amides is 1. The second-order valence-corrected chi connectivity index (χ2v) is 4.94. The predicted molar refractivity (Wildman–Crippen MR) is 70.3 cm³/mol. The van der Waals surface area contributed by atoms with Crippen molar-refractivity contribution in [2.24, 2.45) is 11.8 Å². The van der Waals surface area contributed by atoms with Gasteiger partial charge in [-0.3, -0.25) is 9.59 Å². The summed E-state index contributed by atoms with van der Waals surface area (Å²) in [7, 11) is 0. The van der Waals surface area contributed by atoms with E-state index in [0.29, 0.717) is 0 Å². The Morgan fingerprint density at radius 3 is 2.35 bits per heavy atom. The van der Waals surface area contributed by atoms with Crippen LogP contribution in [0.25, 0.3) is 0 Å². The molecule has 1 rings (SSSR count). The molecule has 0 fully saturated rings. The maximum Gasteiger partial charge on any atom is 0.308 e. The molecule has 0 saturated carbocycles. The van der Waals surface area contributed by atoms with Crippen LogP contribution in [0.15, 0.2) is 18.2 Å². The Bertz CT molecular complexity index is 517. The predicted octanol–water partition coefficient (Wildman–Crippen LogP) is 2.67. The van der Waals surface area contributed by atoms with Gasteiger partial charge in [0.25, 0.3) is 0 Å². The number of carboxylic acids is 1. The summed E-state index contributed by atoms with van der Waals surface area (Å²) >= 11 is 0. The van der Waals surface area contributed by atoms with Crippen molar-refractivity contribution in [2.45, 2.75) is 20.8 Å². The number of carboxylic acid groups (broad SMARTS) is 1. The monoisotopic (exact) mass is 285 g/mol. The highest BCUT2D eigenvalue weighted by Gasteiger charge is 2.26. The molecule has 0 bridgehead atoms. The molecule has 1 atom stereocenters. The lowest BCUT2D eigenvalue weighted by molar-refractivity contribution is -0.140. The van der Waals surface area contributed by atoms with Crippen molar-refractivity contribution in [3.8, 4) is 0 Å². The number of rotatable bonds is 5. The molecule has 0 aliphatic rings. The van der Waals surface area contributed by atoms with Gasteiger partial charge in [0, 0.05) is 18.5 Å². The van der Waals surface area contributed by atoms with E-state index in [1.807, 2.05) is 0 Å². The van der Waals surface area contributed by atoms with E-state index in [1.165, 1.54) is 6.92 Å². The van der Waals surface area contributed by atoms with E-state index >= 15 is 0 Å². The first-order valence-electron chi connectivity index (χ1n) is 6.23. The SMILES string of the molecule is CC(C)C(=O)N(CC(C)C(=O)O)c1cc(F)ccc1F. The van der Waals surface area contributed by atoms with Crippen LogP contribution in [0.4, 0.5) is 14.5 Å². The van der Waals surface area contributed by atoms with Gasteiger partial charge in [-0.05, 0) is 12.1 Å². The summed E-state index contributed by atoms with van der Waals surface area (Å²) in [6.45, 7) is 4.41. The zero-order valence-corrected chi connectivity index (χ0v) is 11.6. The van der Waals surface area contributed by atoms with E-state index in [4.69, 9.17) is 5.11 Å². The van der Waals surface area contributed by atoms with E-state index in [-0.39, 0.29) is 12.2 Å². The van der Waals surface area contributed by atoms with Gasteiger partial charge in [0.1, 0.15) is 11.6 Å². The minimum atomic E-state index is -1.11. The number of carbonyl (C=O) groups is 2. The van der Waals surface area contributed by atoms with Crippen LogP contribution in [0, 0.1) is 23.5 Å². The first kappa shape index (κ1) is 16.1. The van der Waals surface area contributed by atoms with Gasteiger partial charge in [0.2, 0.25) is 5.91 Å². The molecule has 0 aromatic heterocycles. The van der Waals surface area contributed by atoms with Gasteiger partial charge >= 0.3 is 5.97 Å². The molecule has 1 aromatic carbocycles. The van der Waals surface area contributed by atoms with Crippen molar-refractivity contribution in [1.29, 1.82) is 0 Å². The van der Waals surface area contributed by atoms with Gasteiger partial charge in [0.05, 0.1) is 11.6 Å². The number of hydrogen-bond acceptors (Lipinski definition) is 2. The third-order valence-corrected chi connectivity index (χ3v) is 2.84. The van der Waals surface area contributed by atoms with Crippen LogP contribution >= 0.6 is 0 Å². The normalized spacial score (nSPS) is 12.3. The summed E-state index contributed by atoms with van der Waals surface area (Å²) < 4.78 is 27.0. The maximum absolute atomic E-state index is 13.8. The molecule has 0 spiro atoms. The molecule has 6 heteroatoms. The Morgan fingerprint density at radius 2 is 1.85 bits per heavy atom. The lowest BCUT2D eigenvalue weighted by atomic mass is 10.1. The highest BCUT2D eigenvalue weighted by Crippen LogP contribution is 2.23. The molecule has 20 heavy (non-hydrogen) atoms. The van der Waals surface area contributed by atoms with Gasteiger partial charge < -0.3 is 10.0 Å². The van der Waals surface area contributed by atoms with E-state index in [2.05, 4.69) is 0 Å². The molecule has 1 amide bonds. The molecule has 0 heterocycles. The standard InChI is InChI=1S/C14H17F2NO3/c1-8(2)13(18)17(7-9(3)14(19)20)12-6-10(15)4-5-11(12)16/h4-6,8-9H,7H2,1-3H3,(H,19,20). The van der Waals surface area contributed by atoms with Gasteiger partial charge in [-0.2, -0.15) is 0 Å². The molecule has 1 unspecified atom stereocenters. The first-order valence-corrected chi connectivity index (χ1v) is 6.23. The van der Waals surface area contributed by atoms with Crippen molar-refractivity contribution in [1.82, 2.24) is 0 Å². The molecular formula is C14H17F2NO3. The van der Waals surface area contributed by atoms with Crippen LogP contribution in [0.2, 0.25) is 0 Å². The average Bonchev–Trinajstić information content (AvgIpc) is 2.37. The van der Waals surface area contributed by atoms with E-state index in [0.717, 1.165) is 23.1 Å². The Labute approximate surface area is 116 Å². The number of anilines is 1. The van der Waals surface area contributed by atoms with Crippen LogP contribution in [-0.2, 0) is 9.59 Å². The second kappa shape index (κ2) is 6.45. The van der Waals surface area contributed by atoms with E-state index < -0.39 is 35.3 Å². The zero-order valence-electron chi connectivity index (χ0n) is 11.6. The summed E-state index contributed by atoms with van der Waals surface area (Å²) in [4.78, 5) is 24.0. The lowest BCUT2D eigenvalue weighted by Gasteiger charge is -2.26.